The fourth-order valence-electron chi connectivity index (χ4n) is 3.81. The molecule has 0 spiro atoms. The molecule has 0 atom stereocenters. The number of carbonyl (C=O) groups excluding carboxylic acids is 1. The first-order chi connectivity index (χ1) is 17.6. The van der Waals surface area contributed by atoms with E-state index in [0.29, 0.717) is 22.9 Å². The van der Waals surface area contributed by atoms with E-state index in [-0.39, 0.29) is 12.4 Å². The van der Waals surface area contributed by atoms with E-state index < -0.39 is 0 Å². The van der Waals surface area contributed by atoms with Gasteiger partial charge in [-0.3, -0.25) is 9.93 Å². The highest BCUT2D eigenvalue weighted by molar-refractivity contribution is 7.97. The van der Waals surface area contributed by atoms with Crippen molar-refractivity contribution in [1.82, 2.24) is 9.97 Å². The number of allylic oxidation sites excluding steroid dienone is 1. The molecule has 2 aromatic heterocycles. The summed E-state index contributed by atoms with van der Waals surface area (Å²) in [4.78, 5) is 22.7. The molecule has 6 nitrogen and oxygen atoms in total. The first-order valence-electron chi connectivity index (χ1n) is 11.2. The molecule has 3 aromatic carbocycles. The maximum atomic E-state index is 12.8. The van der Waals surface area contributed by atoms with E-state index in [9.17, 15) is 4.79 Å². The van der Waals surface area contributed by atoms with Crippen LogP contribution in [0.1, 0.15) is 21.7 Å². The summed E-state index contributed by atoms with van der Waals surface area (Å²) in [6, 6.07) is 22.9. The number of methoxy groups -OCH3 is 1. The zero-order valence-corrected chi connectivity index (χ0v) is 21.1. The van der Waals surface area contributed by atoms with Crippen molar-refractivity contribution in [2.45, 2.75) is 11.5 Å². The van der Waals surface area contributed by atoms with Gasteiger partial charge in [0.2, 0.25) is 0 Å². The number of ether oxygens (including phenoxy) is 2. The largest absolute Gasteiger partial charge is 0.496 e. The Morgan fingerprint density at radius 1 is 1.08 bits per heavy atom. The van der Waals surface area contributed by atoms with Crippen molar-refractivity contribution in [2.75, 3.05) is 7.11 Å². The molecule has 0 unspecified atom stereocenters. The smallest absolute Gasteiger partial charge is 0.185 e. The molecular weight excluding hydrogens is 490 g/mol. The fourth-order valence-corrected chi connectivity index (χ4v) is 4.85. The quantitative estimate of drug-likeness (QED) is 0.129. The van der Waals surface area contributed by atoms with Gasteiger partial charge in [0, 0.05) is 32.5 Å². The number of H-pyrrole nitrogens is 1. The minimum absolute atomic E-state index is 0.111. The van der Waals surface area contributed by atoms with Crippen molar-refractivity contribution in [2.24, 2.45) is 5.14 Å². The Morgan fingerprint density at radius 3 is 2.64 bits per heavy atom. The maximum Gasteiger partial charge on any atom is 0.185 e. The Hall–Kier alpha value is -3.85. The molecule has 180 valence electrons. The van der Waals surface area contributed by atoms with E-state index in [4.69, 9.17) is 14.6 Å². The van der Waals surface area contributed by atoms with Crippen molar-refractivity contribution in [1.29, 1.82) is 0 Å². The average molecular weight is 514 g/mol. The van der Waals surface area contributed by atoms with E-state index in [0.717, 1.165) is 43.9 Å². The van der Waals surface area contributed by atoms with Gasteiger partial charge in [-0.1, -0.05) is 18.2 Å². The van der Waals surface area contributed by atoms with Crippen LogP contribution in [0.5, 0.6) is 11.5 Å². The number of ketones is 1. The highest BCUT2D eigenvalue weighted by atomic mass is 32.2. The molecule has 0 bridgehead atoms. The van der Waals surface area contributed by atoms with Gasteiger partial charge >= 0.3 is 0 Å². The van der Waals surface area contributed by atoms with Crippen LogP contribution >= 0.6 is 23.3 Å². The third kappa shape index (κ3) is 5.21. The van der Waals surface area contributed by atoms with Crippen LogP contribution < -0.4 is 14.6 Å². The lowest BCUT2D eigenvalue weighted by molar-refractivity contribution is 0.104. The minimum atomic E-state index is -0.111. The highest BCUT2D eigenvalue weighted by Crippen LogP contribution is 2.39. The second kappa shape index (κ2) is 10.8. The fraction of sp³-hybridized carbons (Fsp3) is 0.0714. The van der Waals surface area contributed by atoms with Crippen LogP contribution in [0.3, 0.4) is 0 Å². The highest BCUT2D eigenvalue weighted by Gasteiger charge is 2.14. The van der Waals surface area contributed by atoms with Crippen LogP contribution in [-0.2, 0) is 6.61 Å². The number of benzene rings is 3. The van der Waals surface area contributed by atoms with Crippen molar-refractivity contribution in [3.63, 3.8) is 0 Å². The zero-order chi connectivity index (χ0) is 24.9. The van der Waals surface area contributed by atoms with Gasteiger partial charge in [-0.2, -0.15) is 0 Å². The van der Waals surface area contributed by atoms with Crippen LogP contribution in [-0.4, -0.2) is 22.9 Å². The summed E-state index contributed by atoms with van der Waals surface area (Å²) in [5.74, 6) is 1.88. The number of aromatic amines is 1. The van der Waals surface area contributed by atoms with Crippen molar-refractivity contribution >= 4 is 46.2 Å². The molecule has 0 aliphatic carbocycles. The second-order valence-corrected chi connectivity index (χ2v) is 9.55. The van der Waals surface area contributed by atoms with Crippen molar-refractivity contribution in [3.8, 4) is 21.9 Å². The van der Waals surface area contributed by atoms with Crippen LogP contribution in [0, 0.1) is 0 Å². The molecule has 0 saturated carbocycles. The van der Waals surface area contributed by atoms with Gasteiger partial charge in [0.05, 0.1) is 18.1 Å². The summed E-state index contributed by atoms with van der Waals surface area (Å²) in [5, 5.41) is 7.60. The summed E-state index contributed by atoms with van der Waals surface area (Å²) in [6.07, 6.45) is 3.33. The molecule has 0 amide bonds. The standard InChI is InChI=1S/C28H23N3O3S2/c1-33-26-16-25(34-17-28-30-22-5-2-3-6-23(22)31-28)19(15-21(26)27-7-4-14-35-27)10-13-24(32)18-8-11-20(36-29)12-9-18/h2-16H,17,29H2,1H3,(H,30,31)/b13-10+. The van der Waals surface area contributed by atoms with E-state index in [2.05, 4.69) is 9.97 Å². The van der Waals surface area contributed by atoms with Gasteiger partial charge in [0.15, 0.2) is 5.78 Å². The van der Waals surface area contributed by atoms with Gasteiger partial charge in [0.1, 0.15) is 23.9 Å². The number of rotatable bonds is 9. The van der Waals surface area contributed by atoms with Crippen LogP contribution in [0.4, 0.5) is 0 Å². The predicted octanol–water partition coefficient (Wildman–Crippen LogP) is 6.74. The number of aromatic nitrogens is 2. The Balaban J connectivity index is 1.47. The molecular formula is C28H23N3O3S2. The Kier molecular flexibility index (Phi) is 7.18. The number of imidazole rings is 1. The third-order valence-electron chi connectivity index (χ3n) is 5.61. The van der Waals surface area contributed by atoms with Gasteiger partial charge in [-0.15, -0.1) is 11.3 Å². The number of nitrogens with one attached hydrogen (secondary N) is 1. The molecule has 36 heavy (non-hydrogen) atoms. The lowest BCUT2D eigenvalue weighted by Gasteiger charge is -2.14. The van der Waals surface area contributed by atoms with Gasteiger partial charge < -0.3 is 14.5 Å². The number of hydrogen-bond donors (Lipinski definition) is 2. The van der Waals surface area contributed by atoms with E-state index in [1.165, 1.54) is 0 Å². The van der Waals surface area contributed by atoms with Gasteiger partial charge in [-0.25, -0.2) is 4.98 Å². The monoisotopic (exact) mass is 513 g/mol. The van der Waals surface area contributed by atoms with E-state index in [1.54, 1.807) is 42.7 Å². The molecule has 0 saturated heterocycles. The molecule has 0 aliphatic heterocycles. The topological polar surface area (TPSA) is 90.2 Å². The molecule has 5 rings (SSSR count). The molecule has 0 aliphatic rings. The Morgan fingerprint density at radius 2 is 1.92 bits per heavy atom. The van der Waals surface area contributed by atoms with E-state index in [1.807, 2.05) is 66.0 Å². The predicted molar refractivity (Wildman–Crippen MR) is 147 cm³/mol. The SMILES string of the molecule is COc1cc(OCc2nc3ccccc3[nH]2)c(/C=C/C(=O)c2ccc(SN)cc2)cc1-c1cccs1. The van der Waals surface area contributed by atoms with Gasteiger partial charge in [0.25, 0.3) is 0 Å². The first-order valence-corrected chi connectivity index (χ1v) is 12.9. The van der Waals surface area contributed by atoms with Crippen molar-refractivity contribution in [3.05, 3.63) is 101 Å². The minimum Gasteiger partial charge on any atom is -0.496 e. The molecule has 0 fully saturated rings. The maximum absolute atomic E-state index is 12.8. The number of nitrogens with two attached hydrogens (primary N) is 1. The number of carbonyl (C=O) groups is 1. The lowest BCUT2D eigenvalue weighted by atomic mass is 10.0. The second-order valence-electron chi connectivity index (χ2n) is 7.90. The molecule has 0 radical (unpaired) electrons. The lowest BCUT2D eigenvalue weighted by Crippen LogP contribution is -2.01. The number of fused-ring (bicyclic) bond motifs is 1. The summed E-state index contributed by atoms with van der Waals surface area (Å²) in [7, 11) is 1.64. The zero-order valence-electron chi connectivity index (χ0n) is 19.4. The first kappa shape index (κ1) is 23.9. The van der Waals surface area contributed by atoms with Crippen LogP contribution in [0.15, 0.2) is 89.1 Å². The number of nitrogens with zero attached hydrogens (tertiary/aromatic N) is 1. The Labute approximate surface area is 216 Å². The number of thiophene rings is 1. The van der Waals surface area contributed by atoms with Crippen LogP contribution in [0.2, 0.25) is 0 Å². The summed E-state index contributed by atoms with van der Waals surface area (Å²) in [6.45, 7) is 0.239. The molecule has 2 heterocycles. The number of hydrogen-bond acceptors (Lipinski definition) is 7. The molecule has 3 N–H and O–H groups in total. The van der Waals surface area contributed by atoms with Crippen molar-refractivity contribution < 1.29 is 14.3 Å². The van der Waals surface area contributed by atoms with Crippen LogP contribution in [0.25, 0.3) is 27.6 Å². The summed E-state index contributed by atoms with van der Waals surface area (Å²) >= 11 is 2.76. The third-order valence-corrected chi connectivity index (χ3v) is 7.06. The Bertz CT molecular complexity index is 1490. The summed E-state index contributed by atoms with van der Waals surface area (Å²) in [5.41, 5.74) is 4.11. The normalized spacial score (nSPS) is 11.3. The molecule has 8 heteroatoms. The number of para-hydroxylation sites is 2. The average Bonchev–Trinajstić information content (AvgIpc) is 3.60. The van der Waals surface area contributed by atoms with Gasteiger partial charge in [-0.05, 0) is 78.0 Å². The van der Waals surface area contributed by atoms with E-state index >= 15 is 0 Å². The molecule has 5 aromatic rings. The summed E-state index contributed by atoms with van der Waals surface area (Å²) < 4.78 is 11.9.